The highest BCUT2D eigenvalue weighted by Crippen LogP contribution is 2.15. The summed E-state index contributed by atoms with van der Waals surface area (Å²) in [5, 5.41) is 0. The summed E-state index contributed by atoms with van der Waals surface area (Å²) in [6.07, 6.45) is 0.396. The molecule has 5 nitrogen and oxygen atoms in total. The molecule has 0 unspecified atom stereocenters. The number of carbonyl (C=O) groups is 3. The molecule has 0 atom stereocenters. The molecule has 1 aliphatic rings. The maximum atomic E-state index is 12.8. The number of imide groups is 1. The van der Waals surface area contributed by atoms with Crippen LogP contribution in [0.1, 0.15) is 24.0 Å². The van der Waals surface area contributed by atoms with E-state index in [-0.39, 0.29) is 37.1 Å². The second kappa shape index (κ2) is 7.75. The standard InChI is InChI=1S/C20H20N2O3/c23-18-11-12-19(24)22(18)15-20(25)21(13-16-7-3-1-4-8-16)14-17-9-5-2-6-10-17/h1-10H,11-15H2. The average Bonchev–Trinajstić information content (AvgIpc) is 2.95. The lowest BCUT2D eigenvalue weighted by Gasteiger charge is -2.25. The topological polar surface area (TPSA) is 57.7 Å². The zero-order valence-corrected chi connectivity index (χ0v) is 13.9. The van der Waals surface area contributed by atoms with E-state index in [1.54, 1.807) is 4.90 Å². The van der Waals surface area contributed by atoms with Crippen LogP contribution in [0, 0.1) is 0 Å². The van der Waals surface area contributed by atoms with Gasteiger partial charge < -0.3 is 4.90 Å². The fourth-order valence-electron chi connectivity index (χ4n) is 2.87. The maximum Gasteiger partial charge on any atom is 0.243 e. The van der Waals surface area contributed by atoms with E-state index in [2.05, 4.69) is 0 Å². The monoisotopic (exact) mass is 336 g/mol. The zero-order chi connectivity index (χ0) is 17.6. The highest BCUT2D eigenvalue weighted by molar-refractivity contribution is 6.04. The van der Waals surface area contributed by atoms with Crippen LogP contribution in [-0.2, 0) is 27.5 Å². The van der Waals surface area contributed by atoms with Crippen LogP contribution < -0.4 is 0 Å². The van der Waals surface area contributed by atoms with E-state index in [0.29, 0.717) is 13.1 Å². The number of hydrogen-bond donors (Lipinski definition) is 0. The van der Waals surface area contributed by atoms with Crippen molar-refractivity contribution in [1.29, 1.82) is 0 Å². The average molecular weight is 336 g/mol. The van der Waals surface area contributed by atoms with Gasteiger partial charge in [0.15, 0.2) is 0 Å². The Morgan fingerprint density at radius 2 is 1.24 bits per heavy atom. The summed E-state index contributed by atoms with van der Waals surface area (Å²) in [6.45, 7) is 0.687. The predicted octanol–water partition coefficient (Wildman–Crippen LogP) is 2.36. The first-order valence-electron chi connectivity index (χ1n) is 8.32. The molecule has 0 N–H and O–H groups in total. The van der Waals surface area contributed by atoms with Crippen molar-refractivity contribution in [3.8, 4) is 0 Å². The lowest BCUT2D eigenvalue weighted by molar-refractivity contribution is -0.146. The summed E-state index contributed by atoms with van der Waals surface area (Å²) in [5.41, 5.74) is 2.01. The Kier molecular flexibility index (Phi) is 5.23. The molecule has 0 saturated carbocycles. The Balaban J connectivity index is 1.76. The van der Waals surface area contributed by atoms with Crippen LogP contribution in [0.5, 0.6) is 0 Å². The lowest BCUT2D eigenvalue weighted by Crippen LogP contribution is -2.41. The van der Waals surface area contributed by atoms with Gasteiger partial charge in [0.25, 0.3) is 0 Å². The van der Waals surface area contributed by atoms with Gasteiger partial charge in [-0.1, -0.05) is 60.7 Å². The first-order valence-corrected chi connectivity index (χ1v) is 8.32. The minimum absolute atomic E-state index is 0.183. The molecule has 1 aliphatic heterocycles. The molecule has 0 bridgehead atoms. The van der Waals surface area contributed by atoms with Gasteiger partial charge in [-0.25, -0.2) is 0 Å². The van der Waals surface area contributed by atoms with Crippen molar-refractivity contribution < 1.29 is 14.4 Å². The third-order valence-corrected chi connectivity index (χ3v) is 4.23. The molecule has 0 spiro atoms. The van der Waals surface area contributed by atoms with E-state index < -0.39 is 0 Å². The van der Waals surface area contributed by atoms with E-state index in [1.807, 2.05) is 60.7 Å². The third kappa shape index (κ3) is 4.32. The molecule has 3 rings (SSSR count). The summed E-state index contributed by atoms with van der Waals surface area (Å²) >= 11 is 0. The highest BCUT2D eigenvalue weighted by Gasteiger charge is 2.31. The van der Waals surface area contributed by atoms with Gasteiger partial charge in [-0.3, -0.25) is 19.3 Å². The summed E-state index contributed by atoms with van der Waals surface area (Å²) in [4.78, 5) is 39.1. The van der Waals surface area contributed by atoms with E-state index >= 15 is 0 Å². The van der Waals surface area contributed by atoms with E-state index in [1.165, 1.54) is 0 Å². The molecule has 2 aromatic rings. The van der Waals surface area contributed by atoms with Crippen LogP contribution in [0.3, 0.4) is 0 Å². The largest absolute Gasteiger partial charge is 0.332 e. The van der Waals surface area contributed by atoms with Gasteiger partial charge in [0.2, 0.25) is 17.7 Å². The summed E-state index contributed by atoms with van der Waals surface area (Å²) in [7, 11) is 0. The fraction of sp³-hybridized carbons (Fsp3) is 0.250. The second-order valence-corrected chi connectivity index (χ2v) is 6.09. The fourth-order valence-corrected chi connectivity index (χ4v) is 2.87. The van der Waals surface area contributed by atoms with Crippen molar-refractivity contribution in [1.82, 2.24) is 9.80 Å². The van der Waals surface area contributed by atoms with E-state index in [9.17, 15) is 14.4 Å². The molecule has 1 heterocycles. The van der Waals surface area contributed by atoms with Gasteiger partial charge in [-0.2, -0.15) is 0 Å². The number of carbonyl (C=O) groups excluding carboxylic acids is 3. The van der Waals surface area contributed by atoms with Gasteiger partial charge in [0.05, 0.1) is 0 Å². The highest BCUT2D eigenvalue weighted by atomic mass is 16.2. The van der Waals surface area contributed by atoms with Crippen LogP contribution in [0.2, 0.25) is 0 Å². The van der Waals surface area contributed by atoms with Crippen LogP contribution in [0.15, 0.2) is 60.7 Å². The molecule has 5 heteroatoms. The Morgan fingerprint density at radius 3 is 1.68 bits per heavy atom. The molecule has 1 fully saturated rings. The van der Waals surface area contributed by atoms with Crippen LogP contribution in [0.25, 0.3) is 0 Å². The third-order valence-electron chi connectivity index (χ3n) is 4.23. The first-order chi connectivity index (χ1) is 12.1. The SMILES string of the molecule is O=C(CN1C(=O)CCC1=O)N(Cc1ccccc1)Cc1ccccc1. The Bertz CT molecular complexity index is 702. The Morgan fingerprint density at radius 1 is 0.800 bits per heavy atom. The molecule has 3 amide bonds. The molecule has 0 aromatic heterocycles. The number of amides is 3. The van der Waals surface area contributed by atoms with Crippen LogP contribution in [-0.4, -0.2) is 34.1 Å². The van der Waals surface area contributed by atoms with Crippen molar-refractivity contribution in [3.63, 3.8) is 0 Å². The second-order valence-electron chi connectivity index (χ2n) is 6.09. The van der Waals surface area contributed by atoms with Gasteiger partial charge in [-0.05, 0) is 11.1 Å². The summed E-state index contributed by atoms with van der Waals surface area (Å²) in [6, 6.07) is 19.4. The quantitative estimate of drug-likeness (QED) is 0.761. The van der Waals surface area contributed by atoms with Crippen LogP contribution in [0.4, 0.5) is 0 Å². The number of nitrogens with zero attached hydrogens (tertiary/aromatic N) is 2. The lowest BCUT2D eigenvalue weighted by atomic mass is 10.1. The van der Waals surface area contributed by atoms with E-state index in [0.717, 1.165) is 16.0 Å². The smallest absolute Gasteiger partial charge is 0.243 e. The van der Waals surface area contributed by atoms with Crippen molar-refractivity contribution in [2.75, 3.05) is 6.54 Å². The van der Waals surface area contributed by atoms with Crippen molar-refractivity contribution >= 4 is 17.7 Å². The van der Waals surface area contributed by atoms with Gasteiger partial charge in [-0.15, -0.1) is 0 Å². The molecular weight excluding hydrogens is 316 g/mol. The first kappa shape index (κ1) is 16.9. The maximum absolute atomic E-state index is 12.8. The Hall–Kier alpha value is -2.95. The molecule has 2 aromatic carbocycles. The normalized spacial score (nSPS) is 14.0. The van der Waals surface area contributed by atoms with Crippen molar-refractivity contribution in [3.05, 3.63) is 71.8 Å². The minimum atomic E-state index is -0.266. The molecule has 1 saturated heterocycles. The molecule has 128 valence electrons. The number of hydrogen-bond acceptors (Lipinski definition) is 3. The number of likely N-dealkylation sites (tertiary alicyclic amines) is 1. The van der Waals surface area contributed by atoms with Gasteiger partial charge in [0, 0.05) is 25.9 Å². The number of rotatable bonds is 6. The summed E-state index contributed by atoms with van der Waals surface area (Å²) in [5.74, 6) is -0.758. The molecular formula is C20H20N2O3. The Labute approximate surface area is 146 Å². The summed E-state index contributed by atoms with van der Waals surface area (Å²) < 4.78 is 0. The van der Waals surface area contributed by atoms with Crippen LogP contribution >= 0.6 is 0 Å². The van der Waals surface area contributed by atoms with Crippen molar-refractivity contribution in [2.24, 2.45) is 0 Å². The van der Waals surface area contributed by atoms with Gasteiger partial charge in [0.1, 0.15) is 6.54 Å². The number of benzene rings is 2. The predicted molar refractivity (Wildman–Crippen MR) is 93.1 cm³/mol. The molecule has 0 aliphatic carbocycles. The zero-order valence-electron chi connectivity index (χ0n) is 13.9. The van der Waals surface area contributed by atoms with Gasteiger partial charge >= 0.3 is 0 Å². The van der Waals surface area contributed by atoms with Crippen molar-refractivity contribution in [2.45, 2.75) is 25.9 Å². The van der Waals surface area contributed by atoms with E-state index in [4.69, 9.17) is 0 Å². The molecule has 25 heavy (non-hydrogen) atoms. The molecule has 0 radical (unpaired) electrons. The minimum Gasteiger partial charge on any atom is -0.332 e.